The summed E-state index contributed by atoms with van der Waals surface area (Å²) in [5.41, 5.74) is -1.98. The van der Waals surface area contributed by atoms with Crippen LogP contribution in [0.2, 0.25) is 0 Å². The van der Waals surface area contributed by atoms with Gasteiger partial charge in [0.2, 0.25) is 0 Å². The lowest BCUT2D eigenvalue weighted by atomic mass is 10.0. The van der Waals surface area contributed by atoms with Crippen LogP contribution in [0.5, 0.6) is 0 Å². The van der Waals surface area contributed by atoms with E-state index in [4.69, 9.17) is 0 Å². The molecule has 0 fully saturated rings. The summed E-state index contributed by atoms with van der Waals surface area (Å²) in [7, 11) is 0. The Morgan fingerprint density at radius 3 is 1.88 bits per heavy atom. The number of hydrogen-bond donors (Lipinski definition) is 0. The van der Waals surface area contributed by atoms with Gasteiger partial charge in [-0.1, -0.05) is 12.1 Å². The summed E-state index contributed by atoms with van der Waals surface area (Å²) in [6.07, 6.45) is -6.95. The van der Waals surface area contributed by atoms with E-state index in [2.05, 4.69) is 4.42 Å². The molecule has 0 saturated carbocycles. The van der Waals surface area contributed by atoms with E-state index >= 15 is 0 Å². The van der Waals surface area contributed by atoms with E-state index in [1.54, 1.807) is 0 Å². The van der Waals surface area contributed by atoms with Crippen LogP contribution in [0.25, 0.3) is 11.0 Å². The number of halogens is 9. The first-order chi connectivity index (χ1) is 10.7. The van der Waals surface area contributed by atoms with Crippen molar-refractivity contribution in [3.63, 3.8) is 0 Å². The summed E-state index contributed by atoms with van der Waals surface area (Å²) in [6, 6.07) is 4.11. The van der Waals surface area contributed by atoms with Gasteiger partial charge in [-0.3, -0.25) is 4.79 Å². The van der Waals surface area contributed by atoms with Gasteiger partial charge in [0, 0.05) is 6.07 Å². The number of benzene rings is 1. The zero-order chi connectivity index (χ0) is 18.6. The Morgan fingerprint density at radius 2 is 1.33 bits per heavy atom. The molecule has 1 aromatic heterocycles. The highest BCUT2D eigenvalue weighted by atomic mass is 19.4. The van der Waals surface area contributed by atoms with Crippen LogP contribution in [0.15, 0.2) is 39.5 Å². The predicted molar refractivity (Wildman–Crippen MR) is 62.3 cm³/mol. The fourth-order valence-corrected chi connectivity index (χ4v) is 1.79. The average Bonchev–Trinajstić information content (AvgIpc) is 2.45. The minimum Gasteiger partial charge on any atom is -0.454 e. The first kappa shape index (κ1) is 18.1. The predicted octanol–water partition coefficient (Wildman–Crippen LogP) is 4.72. The van der Waals surface area contributed by atoms with Crippen molar-refractivity contribution in [1.82, 2.24) is 0 Å². The summed E-state index contributed by atoms with van der Waals surface area (Å²) in [6.45, 7) is 0. The summed E-state index contributed by atoms with van der Waals surface area (Å²) < 4.78 is 120. The minimum absolute atomic E-state index is 0.247. The second-order valence-corrected chi connectivity index (χ2v) is 4.69. The van der Waals surface area contributed by atoms with E-state index in [9.17, 15) is 44.3 Å². The van der Waals surface area contributed by atoms with Gasteiger partial charge in [0.15, 0.2) is 11.2 Å². The summed E-state index contributed by atoms with van der Waals surface area (Å²) in [5.74, 6) is -22.4. The zero-order valence-electron chi connectivity index (χ0n) is 11.1. The van der Waals surface area contributed by atoms with E-state index in [1.165, 1.54) is 6.07 Å². The molecule has 0 saturated heterocycles. The maximum atomic E-state index is 13.7. The Bertz CT molecular complexity index is 820. The second kappa shape index (κ2) is 5.15. The molecular formula is C13H5F9O2. The standard InChI is InChI=1S/C13H5F9O2/c14-10(15,11(16,17)12(18,19)13(20,21)22)9-5-7(23)6-3-1-2-4-8(6)24-9/h1-5H. The molecule has 1 aromatic carbocycles. The molecule has 132 valence electrons. The maximum Gasteiger partial charge on any atom is 0.460 e. The Morgan fingerprint density at radius 1 is 0.792 bits per heavy atom. The van der Waals surface area contributed by atoms with E-state index in [0.29, 0.717) is 0 Å². The topological polar surface area (TPSA) is 30.2 Å². The highest BCUT2D eigenvalue weighted by Gasteiger charge is 2.82. The van der Waals surface area contributed by atoms with Crippen LogP contribution >= 0.6 is 0 Å². The third-order valence-electron chi connectivity index (χ3n) is 3.09. The fourth-order valence-electron chi connectivity index (χ4n) is 1.79. The third kappa shape index (κ3) is 2.42. The van der Waals surface area contributed by atoms with Crippen LogP contribution in [-0.4, -0.2) is 18.0 Å². The van der Waals surface area contributed by atoms with Crippen molar-refractivity contribution in [3.8, 4) is 0 Å². The summed E-state index contributed by atoms with van der Waals surface area (Å²) >= 11 is 0. The van der Waals surface area contributed by atoms with Gasteiger partial charge < -0.3 is 4.42 Å². The number of alkyl halides is 9. The van der Waals surface area contributed by atoms with Crippen LogP contribution in [0, 0.1) is 0 Å². The molecule has 24 heavy (non-hydrogen) atoms. The first-order valence-corrected chi connectivity index (χ1v) is 5.97. The first-order valence-electron chi connectivity index (χ1n) is 5.97. The van der Waals surface area contributed by atoms with Gasteiger partial charge in [-0.15, -0.1) is 0 Å². The summed E-state index contributed by atoms with van der Waals surface area (Å²) in [4.78, 5) is 11.6. The number of fused-ring (bicyclic) bond motifs is 1. The molecule has 0 bridgehead atoms. The highest BCUT2D eigenvalue weighted by molar-refractivity contribution is 5.76. The molecule has 2 nitrogen and oxygen atoms in total. The molecule has 0 unspecified atom stereocenters. The van der Waals surface area contributed by atoms with Crippen LogP contribution in [0.3, 0.4) is 0 Å². The van der Waals surface area contributed by atoms with Crippen LogP contribution in [0.1, 0.15) is 5.76 Å². The van der Waals surface area contributed by atoms with Crippen molar-refractivity contribution in [2.24, 2.45) is 0 Å². The molecule has 2 aromatic rings. The molecule has 0 N–H and O–H groups in total. The minimum atomic E-state index is -7.06. The molecule has 0 spiro atoms. The normalized spacial score (nSPS) is 14.2. The molecular weight excluding hydrogens is 359 g/mol. The van der Waals surface area contributed by atoms with Gasteiger partial charge in [0.1, 0.15) is 5.58 Å². The smallest absolute Gasteiger partial charge is 0.454 e. The number of rotatable bonds is 3. The van der Waals surface area contributed by atoms with Gasteiger partial charge in [-0.2, -0.15) is 39.5 Å². The van der Waals surface area contributed by atoms with Crippen LogP contribution < -0.4 is 5.43 Å². The van der Waals surface area contributed by atoms with Gasteiger partial charge in [0.25, 0.3) is 0 Å². The monoisotopic (exact) mass is 364 g/mol. The van der Waals surface area contributed by atoms with E-state index in [0.717, 1.165) is 18.2 Å². The molecule has 0 aliphatic heterocycles. The van der Waals surface area contributed by atoms with Crippen molar-refractivity contribution in [2.75, 3.05) is 0 Å². The maximum absolute atomic E-state index is 13.7. The van der Waals surface area contributed by atoms with Crippen molar-refractivity contribution in [1.29, 1.82) is 0 Å². The average molecular weight is 364 g/mol. The van der Waals surface area contributed by atoms with E-state index in [-0.39, 0.29) is 11.5 Å². The molecule has 0 aliphatic carbocycles. The Labute approximate surface area is 126 Å². The summed E-state index contributed by atoms with van der Waals surface area (Å²) in [5, 5.41) is -0.344. The highest BCUT2D eigenvalue weighted by Crippen LogP contribution is 2.56. The van der Waals surface area contributed by atoms with E-state index < -0.39 is 40.7 Å². The van der Waals surface area contributed by atoms with Crippen molar-refractivity contribution in [2.45, 2.75) is 23.9 Å². The molecule has 0 aliphatic rings. The second-order valence-electron chi connectivity index (χ2n) is 4.69. The van der Waals surface area contributed by atoms with Crippen LogP contribution in [0.4, 0.5) is 39.5 Å². The molecule has 0 atom stereocenters. The van der Waals surface area contributed by atoms with Gasteiger partial charge in [-0.05, 0) is 12.1 Å². The van der Waals surface area contributed by atoms with Crippen molar-refractivity contribution >= 4 is 11.0 Å². The fraction of sp³-hybridized carbons (Fsp3) is 0.308. The quantitative estimate of drug-likeness (QED) is 0.738. The van der Waals surface area contributed by atoms with Crippen LogP contribution in [-0.2, 0) is 5.92 Å². The molecule has 2 rings (SSSR count). The molecule has 1 heterocycles. The van der Waals surface area contributed by atoms with Crippen molar-refractivity contribution in [3.05, 3.63) is 46.3 Å². The molecule has 0 amide bonds. The van der Waals surface area contributed by atoms with Crippen molar-refractivity contribution < 1.29 is 43.9 Å². The SMILES string of the molecule is O=c1cc(C(F)(F)C(F)(F)C(F)(F)C(F)(F)F)oc2ccccc12. The Hall–Kier alpha value is -2.20. The molecule has 11 heteroatoms. The number of para-hydroxylation sites is 1. The number of hydrogen-bond acceptors (Lipinski definition) is 2. The molecule has 0 radical (unpaired) electrons. The lowest BCUT2D eigenvalue weighted by molar-refractivity contribution is -0.401. The lowest BCUT2D eigenvalue weighted by Gasteiger charge is -2.32. The van der Waals surface area contributed by atoms with Gasteiger partial charge in [-0.25, -0.2) is 0 Å². The van der Waals surface area contributed by atoms with Gasteiger partial charge in [0.05, 0.1) is 5.39 Å². The zero-order valence-corrected chi connectivity index (χ0v) is 11.1. The lowest BCUT2D eigenvalue weighted by Crippen LogP contribution is -2.59. The largest absolute Gasteiger partial charge is 0.460 e. The third-order valence-corrected chi connectivity index (χ3v) is 3.09. The Kier molecular flexibility index (Phi) is 3.89. The van der Waals surface area contributed by atoms with E-state index in [1.807, 2.05) is 0 Å². The Balaban J connectivity index is 2.68. The van der Waals surface area contributed by atoms with Gasteiger partial charge >= 0.3 is 23.9 Å².